The molecule has 3 nitrogen and oxygen atoms in total. The molecule has 3 saturated carbocycles. The highest BCUT2D eigenvalue weighted by atomic mass is 16.6. The van der Waals surface area contributed by atoms with E-state index in [9.17, 15) is 9.59 Å². The number of rotatable bonds is 4. The molecule has 8 atom stereocenters. The van der Waals surface area contributed by atoms with Crippen LogP contribution in [0.15, 0.2) is 23.8 Å². The average molecular weight is 425 g/mol. The van der Waals surface area contributed by atoms with Crippen LogP contribution in [0.1, 0.15) is 86.5 Å². The molecule has 0 bridgehead atoms. The summed E-state index contributed by atoms with van der Waals surface area (Å²) < 4.78 is 6.88. The Kier molecular flexibility index (Phi) is 4.64. The largest absolute Gasteiger partial charge is 0.361 e. The summed E-state index contributed by atoms with van der Waals surface area (Å²) in [6.45, 7) is 14.0. The lowest BCUT2D eigenvalue weighted by atomic mass is 9.46. The van der Waals surface area contributed by atoms with Crippen LogP contribution in [0.4, 0.5) is 0 Å². The normalized spacial score (nSPS) is 48.0. The third-order valence-corrected chi connectivity index (χ3v) is 10.8. The van der Waals surface area contributed by atoms with Crippen molar-refractivity contribution in [2.45, 2.75) is 97.7 Å². The van der Waals surface area contributed by atoms with Gasteiger partial charge < -0.3 is 4.74 Å². The van der Waals surface area contributed by atoms with Crippen molar-refractivity contribution in [2.24, 2.45) is 40.4 Å². The second kappa shape index (κ2) is 6.65. The van der Waals surface area contributed by atoms with Gasteiger partial charge in [-0.15, -0.1) is 0 Å². The number of ketones is 2. The molecule has 4 aliphatic carbocycles. The topological polar surface area (TPSA) is 46.7 Å². The molecule has 5 rings (SSSR count). The number of allylic oxidation sites excluding steroid dienone is 3. The van der Waals surface area contributed by atoms with Crippen LogP contribution in [-0.2, 0) is 14.3 Å². The fourth-order valence-corrected chi connectivity index (χ4v) is 8.52. The Balaban J connectivity index is 1.46. The number of hydrogen-bond donors (Lipinski definition) is 0. The fourth-order valence-electron chi connectivity index (χ4n) is 8.52. The first kappa shape index (κ1) is 21.6. The molecule has 8 unspecified atom stereocenters. The SMILES string of the molecule is CC(C)C(C)/C=C/C(C)C1CCC23OC24CC(=O)C2=CC(=O)CCC2(C)C4CCC13C. The van der Waals surface area contributed by atoms with E-state index in [4.69, 9.17) is 4.74 Å². The van der Waals surface area contributed by atoms with Crippen LogP contribution in [0.2, 0.25) is 0 Å². The summed E-state index contributed by atoms with van der Waals surface area (Å²) in [4.78, 5) is 25.4. The Morgan fingerprint density at radius 3 is 2.48 bits per heavy atom. The first-order valence-electron chi connectivity index (χ1n) is 12.7. The van der Waals surface area contributed by atoms with E-state index in [0.29, 0.717) is 42.4 Å². The van der Waals surface area contributed by atoms with Crippen LogP contribution < -0.4 is 0 Å². The van der Waals surface area contributed by atoms with Gasteiger partial charge in [0.25, 0.3) is 0 Å². The highest BCUT2D eigenvalue weighted by Crippen LogP contribution is 2.80. The number of epoxide rings is 1. The summed E-state index contributed by atoms with van der Waals surface area (Å²) in [7, 11) is 0. The molecular formula is C28H40O3. The number of carbonyl (C=O) groups is 2. The molecule has 0 radical (unpaired) electrons. The molecule has 0 amide bonds. The minimum atomic E-state index is -0.285. The lowest BCUT2D eigenvalue weighted by molar-refractivity contribution is -0.127. The van der Waals surface area contributed by atoms with Gasteiger partial charge >= 0.3 is 0 Å². The molecule has 1 heterocycles. The van der Waals surface area contributed by atoms with Crippen LogP contribution in [0.3, 0.4) is 0 Å². The van der Waals surface area contributed by atoms with Gasteiger partial charge in [-0.3, -0.25) is 9.59 Å². The second-order valence-corrected chi connectivity index (χ2v) is 12.4. The van der Waals surface area contributed by atoms with Gasteiger partial charge in [-0.25, -0.2) is 0 Å². The predicted molar refractivity (Wildman–Crippen MR) is 122 cm³/mol. The van der Waals surface area contributed by atoms with E-state index in [-0.39, 0.29) is 33.6 Å². The Bertz CT molecular complexity index is 883. The molecule has 4 fully saturated rings. The van der Waals surface area contributed by atoms with Crippen molar-refractivity contribution < 1.29 is 14.3 Å². The molecule has 0 N–H and O–H groups in total. The summed E-state index contributed by atoms with van der Waals surface area (Å²) in [5, 5.41) is 0. The van der Waals surface area contributed by atoms with E-state index in [0.717, 1.165) is 24.8 Å². The Labute approximate surface area is 188 Å². The first-order valence-corrected chi connectivity index (χ1v) is 12.7. The van der Waals surface area contributed by atoms with Crippen molar-refractivity contribution in [3.8, 4) is 0 Å². The van der Waals surface area contributed by atoms with Crippen LogP contribution >= 0.6 is 0 Å². The van der Waals surface area contributed by atoms with Crippen molar-refractivity contribution in [3.05, 3.63) is 23.8 Å². The monoisotopic (exact) mass is 424 g/mol. The molecule has 0 aromatic carbocycles. The maximum atomic E-state index is 13.3. The lowest BCUT2D eigenvalue weighted by Crippen LogP contribution is -2.58. The van der Waals surface area contributed by atoms with E-state index >= 15 is 0 Å². The summed E-state index contributed by atoms with van der Waals surface area (Å²) in [5.74, 6) is 3.07. The summed E-state index contributed by atoms with van der Waals surface area (Å²) in [6, 6.07) is 0. The average Bonchev–Trinajstić information content (AvgIpc) is 3.26. The fraction of sp³-hybridized carbons (Fsp3) is 0.786. The maximum absolute atomic E-state index is 13.3. The molecule has 5 aliphatic rings. The predicted octanol–water partition coefficient (Wildman–Crippen LogP) is 6.07. The van der Waals surface area contributed by atoms with Crippen LogP contribution in [-0.4, -0.2) is 22.8 Å². The van der Waals surface area contributed by atoms with E-state index in [1.54, 1.807) is 6.08 Å². The van der Waals surface area contributed by atoms with Gasteiger partial charge in [0.1, 0.15) is 11.2 Å². The molecule has 3 heteroatoms. The summed E-state index contributed by atoms with van der Waals surface area (Å²) >= 11 is 0. The number of ether oxygens (including phenoxy) is 1. The van der Waals surface area contributed by atoms with Crippen molar-refractivity contribution in [1.82, 2.24) is 0 Å². The van der Waals surface area contributed by atoms with Gasteiger partial charge in [0.15, 0.2) is 11.6 Å². The van der Waals surface area contributed by atoms with Crippen molar-refractivity contribution in [3.63, 3.8) is 0 Å². The number of Topliss-reactive ketones (excluding diaryl/α,β-unsaturated/α-hetero) is 1. The summed E-state index contributed by atoms with van der Waals surface area (Å²) in [6.07, 6.45) is 13.0. The lowest BCUT2D eigenvalue weighted by Gasteiger charge is -2.54. The highest BCUT2D eigenvalue weighted by Gasteiger charge is 2.86. The molecule has 1 saturated heterocycles. The van der Waals surface area contributed by atoms with Crippen LogP contribution in [0.25, 0.3) is 0 Å². The third kappa shape index (κ3) is 2.62. The van der Waals surface area contributed by atoms with Gasteiger partial charge in [0, 0.05) is 35.2 Å². The molecule has 1 aliphatic heterocycles. The zero-order valence-corrected chi connectivity index (χ0v) is 20.3. The Hall–Kier alpha value is -1.22. The zero-order chi connectivity index (χ0) is 22.4. The van der Waals surface area contributed by atoms with Gasteiger partial charge in [-0.05, 0) is 61.9 Å². The van der Waals surface area contributed by atoms with E-state index in [1.807, 2.05) is 0 Å². The summed E-state index contributed by atoms with van der Waals surface area (Å²) in [5.41, 5.74) is 0.334. The van der Waals surface area contributed by atoms with Crippen molar-refractivity contribution in [2.75, 3.05) is 0 Å². The van der Waals surface area contributed by atoms with Crippen molar-refractivity contribution >= 4 is 11.6 Å². The molecular weight excluding hydrogens is 384 g/mol. The minimum absolute atomic E-state index is 0.126. The Morgan fingerprint density at radius 2 is 1.77 bits per heavy atom. The minimum Gasteiger partial charge on any atom is -0.361 e. The number of hydrogen-bond acceptors (Lipinski definition) is 3. The van der Waals surface area contributed by atoms with Gasteiger partial charge in [0.2, 0.25) is 0 Å². The molecule has 2 spiro atoms. The Morgan fingerprint density at radius 1 is 1.03 bits per heavy atom. The zero-order valence-electron chi connectivity index (χ0n) is 20.3. The maximum Gasteiger partial charge on any atom is 0.162 e. The molecule has 0 aromatic rings. The van der Waals surface area contributed by atoms with Gasteiger partial charge in [0.05, 0.1) is 0 Å². The van der Waals surface area contributed by atoms with Gasteiger partial charge in [-0.2, -0.15) is 0 Å². The van der Waals surface area contributed by atoms with E-state index < -0.39 is 0 Å². The van der Waals surface area contributed by atoms with Crippen LogP contribution in [0.5, 0.6) is 0 Å². The standard InChI is InChI=1S/C28H40O3/c1-17(2)18(3)7-8-19(4)21-10-14-28-26(21,6)13-11-24-25(5)12-9-20(29)15-22(25)23(30)16-27(24,28)31-28/h7-8,15,17-19,21,24H,9-14,16H2,1-6H3/b8-7+. The number of carbonyl (C=O) groups excluding carboxylic acids is 2. The third-order valence-electron chi connectivity index (χ3n) is 10.8. The quantitative estimate of drug-likeness (QED) is 0.406. The van der Waals surface area contributed by atoms with E-state index in [2.05, 4.69) is 53.7 Å². The molecule has 31 heavy (non-hydrogen) atoms. The highest BCUT2D eigenvalue weighted by molar-refractivity contribution is 6.06. The van der Waals surface area contributed by atoms with Gasteiger partial charge in [-0.1, -0.05) is 53.7 Å². The van der Waals surface area contributed by atoms with Crippen molar-refractivity contribution in [1.29, 1.82) is 0 Å². The first-order chi connectivity index (χ1) is 14.5. The van der Waals surface area contributed by atoms with Crippen LogP contribution in [0, 0.1) is 40.4 Å². The second-order valence-electron chi connectivity index (χ2n) is 12.4. The van der Waals surface area contributed by atoms with E-state index in [1.165, 1.54) is 12.8 Å². The molecule has 0 aromatic heterocycles. The smallest absolute Gasteiger partial charge is 0.162 e. The number of fused-ring (bicyclic) bond motifs is 2. The molecule has 170 valence electrons.